The first-order valence-corrected chi connectivity index (χ1v) is 7.11. The fraction of sp³-hybridized carbons (Fsp3) is 0.714. The third-order valence-electron chi connectivity index (χ3n) is 3.88. The molecule has 1 aromatic heterocycles. The SMILES string of the molecule is c1nc(CC2CCCN2)ncc1OC1CCCC1. The topological polar surface area (TPSA) is 47.0 Å². The van der Waals surface area contributed by atoms with Crippen LogP contribution in [0.1, 0.15) is 44.3 Å². The molecule has 0 radical (unpaired) electrons. The highest BCUT2D eigenvalue weighted by Crippen LogP contribution is 2.23. The monoisotopic (exact) mass is 247 g/mol. The maximum atomic E-state index is 5.86. The second-order valence-electron chi connectivity index (χ2n) is 5.36. The molecule has 1 atom stereocenters. The quantitative estimate of drug-likeness (QED) is 0.885. The van der Waals surface area contributed by atoms with Crippen molar-refractivity contribution in [2.24, 2.45) is 0 Å². The molecule has 1 aliphatic carbocycles. The molecule has 0 bridgehead atoms. The molecule has 18 heavy (non-hydrogen) atoms. The lowest BCUT2D eigenvalue weighted by atomic mass is 10.1. The summed E-state index contributed by atoms with van der Waals surface area (Å²) in [5, 5.41) is 3.47. The Morgan fingerprint density at radius 3 is 2.56 bits per heavy atom. The molecule has 1 saturated carbocycles. The van der Waals surface area contributed by atoms with Crippen LogP contribution in [-0.2, 0) is 6.42 Å². The minimum atomic E-state index is 0.385. The number of nitrogens with zero attached hydrogens (tertiary/aromatic N) is 2. The number of hydrogen-bond donors (Lipinski definition) is 1. The van der Waals surface area contributed by atoms with Gasteiger partial charge in [-0.2, -0.15) is 0 Å². The van der Waals surface area contributed by atoms with Crippen LogP contribution in [0.25, 0.3) is 0 Å². The van der Waals surface area contributed by atoms with Gasteiger partial charge in [-0.15, -0.1) is 0 Å². The standard InChI is InChI=1S/C14H21N3O/c1-2-6-12(5-1)18-13-9-16-14(17-10-13)8-11-4-3-7-15-11/h9-12,15H,1-8H2. The summed E-state index contributed by atoms with van der Waals surface area (Å²) in [5.74, 6) is 1.75. The Balaban J connectivity index is 1.54. The van der Waals surface area contributed by atoms with E-state index in [4.69, 9.17) is 4.74 Å². The van der Waals surface area contributed by atoms with E-state index in [1.165, 1.54) is 38.5 Å². The van der Waals surface area contributed by atoms with Crippen molar-refractivity contribution in [3.63, 3.8) is 0 Å². The molecule has 2 aliphatic rings. The van der Waals surface area contributed by atoms with Crippen molar-refractivity contribution in [2.75, 3.05) is 6.54 Å². The first-order chi connectivity index (χ1) is 8.90. The summed E-state index contributed by atoms with van der Waals surface area (Å²) in [6.07, 6.45) is 12.4. The van der Waals surface area contributed by atoms with E-state index in [1.807, 2.05) is 12.4 Å². The van der Waals surface area contributed by atoms with Crippen LogP contribution < -0.4 is 10.1 Å². The average Bonchev–Trinajstić information content (AvgIpc) is 3.05. The van der Waals surface area contributed by atoms with Gasteiger partial charge in [-0.25, -0.2) is 9.97 Å². The third kappa shape index (κ3) is 2.99. The van der Waals surface area contributed by atoms with Gasteiger partial charge in [0, 0.05) is 12.5 Å². The van der Waals surface area contributed by atoms with E-state index in [0.717, 1.165) is 24.5 Å². The first-order valence-electron chi connectivity index (χ1n) is 7.11. The summed E-state index contributed by atoms with van der Waals surface area (Å²) in [4.78, 5) is 8.82. The molecule has 2 heterocycles. The Kier molecular flexibility index (Phi) is 3.74. The van der Waals surface area contributed by atoms with Crippen molar-refractivity contribution < 1.29 is 4.74 Å². The van der Waals surface area contributed by atoms with E-state index in [9.17, 15) is 0 Å². The Bertz CT molecular complexity index is 330. The molecular weight excluding hydrogens is 226 g/mol. The zero-order valence-corrected chi connectivity index (χ0v) is 10.8. The molecule has 2 fully saturated rings. The molecule has 0 aromatic carbocycles. The number of nitrogens with one attached hydrogen (secondary N) is 1. The van der Waals surface area contributed by atoms with Crippen molar-refractivity contribution >= 4 is 0 Å². The van der Waals surface area contributed by atoms with E-state index in [0.29, 0.717) is 12.1 Å². The molecule has 1 aromatic rings. The van der Waals surface area contributed by atoms with Crippen molar-refractivity contribution in [2.45, 2.75) is 57.1 Å². The fourth-order valence-electron chi connectivity index (χ4n) is 2.86. The maximum absolute atomic E-state index is 5.86. The Morgan fingerprint density at radius 2 is 1.89 bits per heavy atom. The van der Waals surface area contributed by atoms with E-state index in [-0.39, 0.29) is 0 Å². The highest BCUT2D eigenvalue weighted by Gasteiger charge is 2.18. The number of aromatic nitrogens is 2. The Labute approximate surface area is 108 Å². The second-order valence-corrected chi connectivity index (χ2v) is 5.36. The van der Waals surface area contributed by atoms with Gasteiger partial charge in [0.15, 0.2) is 5.75 Å². The van der Waals surface area contributed by atoms with Gasteiger partial charge < -0.3 is 10.1 Å². The number of rotatable bonds is 4. The van der Waals surface area contributed by atoms with Crippen LogP contribution in [0.15, 0.2) is 12.4 Å². The molecule has 1 N–H and O–H groups in total. The molecule has 3 rings (SSSR count). The van der Waals surface area contributed by atoms with Crippen LogP contribution in [0, 0.1) is 0 Å². The van der Waals surface area contributed by atoms with E-state index in [1.54, 1.807) is 0 Å². The minimum absolute atomic E-state index is 0.385. The molecule has 1 saturated heterocycles. The zero-order chi connectivity index (χ0) is 12.2. The Morgan fingerprint density at radius 1 is 1.11 bits per heavy atom. The first kappa shape index (κ1) is 11.9. The molecule has 1 unspecified atom stereocenters. The van der Waals surface area contributed by atoms with Crippen molar-refractivity contribution in [1.82, 2.24) is 15.3 Å². The second kappa shape index (κ2) is 5.65. The highest BCUT2D eigenvalue weighted by atomic mass is 16.5. The Hall–Kier alpha value is -1.16. The van der Waals surface area contributed by atoms with Gasteiger partial charge in [0.1, 0.15) is 5.82 Å². The number of hydrogen-bond acceptors (Lipinski definition) is 4. The van der Waals surface area contributed by atoms with Gasteiger partial charge in [-0.3, -0.25) is 0 Å². The molecule has 1 aliphatic heterocycles. The fourth-order valence-corrected chi connectivity index (χ4v) is 2.86. The average molecular weight is 247 g/mol. The van der Waals surface area contributed by atoms with Gasteiger partial charge >= 0.3 is 0 Å². The predicted molar refractivity (Wildman–Crippen MR) is 69.6 cm³/mol. The van der Waals surface area contributed by atoms with Crippen LogP contribution in [0.5, 0.6) is 5.75 Å². The summed E-state index contributed by atoms with van der Waals surface area (Å²) >= 11 is 0. The van der Waals surface area contributed by atoms with Crippen molar-refractivity contribution in [3.8, 4) is 5.75 Å². The number of ether oxygens (including phenoxy) is 1. The van der Waals surface area contributed by atoms with Crippen LogP contribution in [0.4, 0.5) is 0 Å². The summed E-state index contributed by atoms with van der Waals surface area (Å²) in [7, 11) is 0. The lowest BCUT2D eigenvalue weighted by molar-refractivity contribution is 0.208. The maximum Gasteiger partial charge on any atom is 0.156 e. The van der Waals surface area contributed by atoms with Crippen LogP contribution in [0.2, 0.25) is 0 Å². The molecule has 4 heteroatoms. The molecule has 0 amide bonds. The lowest BCUT2D eigenvalue weighted by Gasteiger charge is -2.13. The van der Waals surface area contributed by atoms with Crippen molar-refractivity contribution in [3.05, 3.63) is 18.2 Å². The largest absolute Gasteiger partial charge is 0.487 e. The summed E-state index contributed by atoms with van der Waals surface area (Å²) in [6, 6.07) is 0.562. The van der Waals surface area contributed by atoms with E-state index >= 15 is 0 Å². The molecule has 0 spiro atoms. The third-order valence-corrected chi connectivity index (χ3v) is 3.88. The van der Waals surface area contributed by atoms with Crippen LogP contribution >= 0.6 is 0 Å². The molecular formula is C14H21N3O. The molecule has 4 nitrogen and oxygen atoms in total. The minimum Gasteiger partial charge on any atom is -0.487 e. The van der Waals surface area contributed by atoms with Gasteiger partial charge in [-0.05, 0) is 45.1 Å². The molecule has 98 valence electrons. The zero-order valence-electron chi connectivity index (χ0n) is 10.8. The van der Waals surface area contributed by atoms with Crippen LogP contribution in [-0.4, -0.2) is 28.7 Å². The normalized spacial score (nSPS) is 24.6. The van der Waals surface area contributed by atoms with E-state index < -0.39 is 0 Å². The summed E-state index contributed by atoms with van der Waals surface area (Å²) < 4.78 is 5.86. The predicted octanol–water partition coefficient (Wildman–Crippen LogP) is 2.09. The van der Waals surface area contributed by atoms with Gasteiger partial charge in [0.2, 0.25) is 0 Å². The summed E-state index contributed by atoms with van der Waals surface area (Å²) in [6.45, 7) is 1.13. The van der Waals surface area contributed by atoms with Gasteiger partial charge in [-0.1, -0.05) is 0 Å². The van der Waals surface area contributed by atoms with E-state index in [2.05, 4.69) is 15.3 Å². The highest BCUT2D eigenvalue weighted by molar-refractivity contribution is 5.13. The van der Waals surface area contributed by atoms with Gasteiger partial charge in [0.25, 0.3) is 0 Å². The van der Waals surface area contributed by atoms with Crippen LogP contribution in [0.3, 0.4) is 0 Å². The lowest BCUT2D eigenvalue weighted by Crippen LogP contribution is -2.24. The summed E-state index contributed by atoms with van der Waals surface area (Å²) in [5.41, 5.74) is 0. The van der Waals surface area contributed by atoms with Crippen molar-refractivity contribution in [1.29, 1.82) is 0 Å². The smallest absolute Gasteiger partial charge is 0.156 e. The van der Waals surface area contributed by atoms with Gasteiger partial charge in [0.05, 0.1) is 18.5 Å².